The van der Waals surface area contributed by atoms with Crippen LogP contribution in [-0.2, 0) is 14.4 Å². The van der Waals surface area contributed by atoms with Crippen LogP contribution < -0.4 is 22.1 Å². The van der Waals surface area contributed by atoms with Crippen molar-refractivity contribution in [3.05, 3.63) is 0 Å². The molecule has 0 fully saturated rings. The van der Waals surface area contributed by atoms with Crippen molar-refractivity contribution in [3.63, 3.8) is 0 Å². The molecule has 110 valence electrons. The monoisotopic (exact) mass is 272 g/mol. The molecule has 0 radical (unpaired) electrons. The fraction of sp³-hybridized carbons (Fsp3) is 0.750. The molecule has 0 spiro atoms. The molecule has 2 amide bonds. The quantitative estimate of drug-likeness (QED) is 0.305. The maximum atomic E-state index is 11.8. The summed E-state index contributed by atoms with van der Waals surface area (Å²) in [6.07, 6.45) is 2.80. The third kappa shape index (κ3) is 7.53. The number of carbonyl (C=O) groups excluding carboxylic acids is 3. The van der Waals surface area contributed by atoms with Gasteiger partial charge in [-0.1, -0.05) is 0 Å². The van der Waals surface area contributed by atoms with Crippen LogP contribution in [-0.4, -0.2) is 42.8 Å². The standard InChI is InChI=1S/C12H24N4O3/c1-8(14)11(18)15-9(2)12(19)16-10(7-17)5-3-4-6-13/h7-10H,3-6,13-14H2,1-2H3,(H,15,18)(H,16,19)/t8-,9-,10-/m0/s1. The SMILES string of the molecule is C[C@H](N)C(=O)N[C@@H](C)C(=O)N[C@H](C=O)CCCCN. The number of carbonyl (C=O) groups is 3. The lowest BCUT2D eigenvalue weighted by Gasteiger charge is -2.18. The minimum Gasteiger partial charge on any atom is -0.345 e. The van der Waals surface area contributed by atoms with E-state index in [0.717, 1.165) is 12.8 Å². The summed E-state index contributed by atoms with van der Waals surface area (Å²) in [7, 11) is 0. The zero-order valence-corrected chi connectivity index (χ0v) is 11.5. The highest BCUT2D eigenvalue weighted by Crippen LogP contribution is 1.99. The van der Waals surface area contributed by atoms with Crippen molar-refractivity contribution >= 4 is 18.1 Å². The van der Waals surface area contributed by atoms with E-state index in [4.69, 9.17) is 11.5 Å². The van der Waals surface area contributed by atoms with Crippen molar-refractivity contribution in [2.24, 2.45) is 11.5 Å². The summed E-state index contributed by atoms with van der Waals surface area (Å²) in [5.41, 5.74) is 10.7. The molecular weight excluding hydrogens is 248 g/mol. The molecule has 7 nitrogen and oxygen atoms in total. The van der Waals surface area contributed by atoms with E-state index in [2.05, 4.69) is 10.6 Å². The summed E-state index contributed by atoms with van der Waals surface area (Å²) in [5, 5.41) is 5.03. The smallest absolute Gasteiger partial charge is 0.242 e. The van der Waals surface area contributed by atoms with Crippen molar-refractivity contribution < 1.29 is 14.4 Å². The first-order valence-corrected chi connectivity index (χ1v) is 6.44. The van der Waals surface area contributed by atoms with Gasteiger partial charge < -0.3 is 26.9 Å². The minimum absolute atomic E-state index is 0.404. The highest BCUT2D eigenvalue weighted by Gasteiger charge is 2.19. The molecule has 0 aliphatic heterocycles. The first-order valence-electron chi connectivity index (χ1n) is 6.44. The molecule has 0 saturated heterocycles. The number of hydrogen-bond acceptors (Lipinski definition) is 5. The summed E-state index contributed by atoms with van der Waals surface area (Å²) in [6, 6.07) is -1.95. The molecule has 0 rings (SSSR count). The van der Waals surface area contributed by atoms with Crippen LogP contribution in [0.25, 0.3) is 0 Å². The van der Waals surface area contributed by atoms with Crippen LogP contribution in [0.4, 0.5) is 0 Å². The Hall–Kier alpha value is -1.47. The molecule has 0 aromatic carbocycles. The largest absolute Gasteiger partial charge is 0.345 e. The van der Waals surface area contributed by atoms with Crippen molar-refractivity contribution in [1.82, 2.24) is 10.6 Å². The zero-order valence-electron chi connectivity index (χ0n) is 11.5. The Balaban J connectivity index is 4.17. The van der Waals surface area contributed by atoms with Gasteiger partial charge in [0.15, 0.2) is 0 Å². The second-order valence-electron chi connectivity index (χ2n) is 4.55. The topological polar surface area (TPSA) is 127 Å². The van der Waals surface area contributed by atoms with Crippen LogP contribution in [0.5, 0.6) is 0 Å². The summed E-state index contributed by atoms with van der Waals surface area (Å²) < 4.78 is 0. The number of aldehydes is 1. The molecule has 3 atom stereocenters. The summed E-state index contributed by atoms with van der Waals surface area (Å²) in [5.74, 6) is -0.813. The van der Waals surface area contributed by atoms with Gasteiger partial charge >= 0.3 is 0 Å². The lowest BCUT2D eigenvalue weighted by molar-refractivity contribution is -0.130. The van der Waals surface area contributed by atoms with E-state index >= 15 is 0 Å². The van der Waals surface area contributed by atoms with Gasteiger partial charge in [0.1, 0.15) is 12.3 Å². The molecule has 0 bridgehead atoms. The summed E-state index contributed by atoms with van der Waals surface area (Å²) >= 11 is 0. The Morgan fingerprint density at radius 3 is 2.26 bits per heavy atom. The number of amides is 2. The van der Waals surface area contributed by atoms with Crippen molar-refractivity contribution in [1.29, 1.82) is 0 Å². The van der Waals surface area contributed by atoms with Crippen LogP contribution >= 0.6 is 0 Å². The van der Waals surface area contributed by atoms with E-state index in [0.29, 0.717) is 19.3 Å². The fourth-order valence-electron chi connectivity index (χ4n) is 1.40. The number of rotatable bonds is 9. The highest BCUT2D eigenvalue weighted by molar-refractivity contribution is 5.90. The van der Waals surface area contributed by atoms with Gasteiger partial charge in [0, 0.05) is 0 Å². The number of nitrogens with one attached hydrogen (secondary N) is 2. The number of hydrogen-bond donors (Lipinski definition) is 4. The first-order chi connectivity index (χ1) is 8.92. The Kier molecular flexibility index (Phi) is 8.73. The van der Waals surface area contributed by atoms with Crippen molar-refractivity contribution in [2.45, 2.75) is 51.2 Å². The second-order valence-corrected chi connectivity index (χ2v) is 4.55. The van der Waals surface area contributed by atoms with Crippen LogP contribution in [0, 0.1) is 0 Å². The third-order valence-electron chi connectivity index (χ3n) is 2.63. The Morgan fingerprint density at radius 1 is 1.16 bits per heavy atom. The van der Waals surface area contributed by atoms with E-state index in [1.54, 1.807) is 0 Å². The van der Waals surface area contributed by atoms with Gasteiger partial charge in [-0.25, -0.2) is 0 Å². The average Bonchev–Trinajstić information content (AvgIpc) is 2.37. The normalized spacial score (nSPS) is 15.2. The third-order valence-corrected chi connectivity index (χ3v) is 2.63. The van der Waals surface area contributed by atoms with Crippen molar-refractivity contribution in [2.75, 3.05) is 6.54 Å². The molecule has 6 N–H and O–H groups in total. The fourth-order valence-corrected chi connectivity index (χ4v) is 1.40. The van der Waals surface area contributed by atoms with E-state index in [9.17, 15) is 14.4 Å². The lowest BCUT2D eigenvalue weighted by Crippen LogP contribution is -2.51. The van der Waals surface area contributed by atoms with Gasteiger partial charge in [-0.15, -0.1) is 0 Å². The molecule has 0 aromatic rings. The highest BCUT2D eigenvalue weighted by atomic mass is 16.2. The maximum Gasteiger partial charge on any atom is 0.242 e. The molecule has 0 saturated carbocycles. The van der Waals surface area contributed by atoms with Crippen LogP contribution in [0.1, 0.15) is 33.1 Å². The zero-order chi connectivity index (χ0) is 14.8. The summed E-state index contributed by atoms with van der Waals surface area (Å²) in [6.45, 7) is 3.62. The lowest BCUT2D eigenvalue weighted by atomic mass is 10.1. The van der Waals surface area contributed by atoms with E-state index < -0.39 is 29.9 Å². The summed E-state index contributed by atoms with van der Waals surface area (Å²) in [4.78, 5) is 33.9. The van der Waals surface area contributed by atoms with Gasteiger partial charge in [-0.3, -0.25) is 9.59 Å². The molecule has 19 heavy (non-hydrogen) atoms. The molecule has 0 heterocycles. The van der Waals surface area contributed by atoms with Crippen LogP contribution in [0.2, 0.25) is 0 Å². The van der Waals surface area contributed by atoms with E-state index in [-0.39, 0.29) is 0 Å². The molecule has 7 heteroatoms. The predicted molar refractivity (Wildman–Crippen MR) is 72.2 cm³/mol. The molecule has 0 unspecified atom stereocenters. The predicted octanol–water partition coefficient (Wildman–Crippen LogP) is -1.35. The minimum atomic E-state index is -0.726. The van der Waals surface area contributed by atoms with Gasteiger partial charge in [-0.05, 0) is 39.7 Å². The average molecular weight is 272 g/mol. The van der Waals surface area contributed by atoms with Gasteiger partial charge in [0.05, 0.1) is 12.1 Å². The molecule has 0 aliphatic rings. The van der Waals surface area contributed by atoms with E-state index in [1.807, 2.05) is 0 Å². The molecule has 0 aromatic heterocycles. The number of nitrogens with two attached hydrogens (primary N) is 2. The maximum absolute atomic E-state index is 11.8. The molecule has 0 aliphatic carbocycles. The Morgan fingerprint density at radius 2 is 1.79 bits per heavy atom. The van der Waals surface area contributed by atoms with E-state index in [1.165, 1.54) is 13.8 Å². The Bertz CT molecular complexity index is 307. The molecular formula is C12H24N4O3. The van der Waals surface area contributed by atoms with Crippen LogP contribution in [0.15, 0.2) is 0 Å². The first kappa shape index (κ1) is 17.5. The van der Waals surface area contributed by atoms with Crippen LogP contribution in [0.3, 0.4) is 0 Å². The van der Waals surface area contributed by atoms with Gasteiger partial charge in [-0.2, -0.15) is 0 Å². The Labute approximate surface area is 113 Å². The number of unbranched alkanes of at least 4 members (excludes halogenated alkanes) is 1. The van der Waals surface area contributed by atoms with Gasteiger partial charge in [0.2, 0.25) is 11.8 Å². The van der Waals surface area contributed by atoms with Crippen molar-refractivity contribution in [3.8, 4) is 0 Å². The second kappa shape index (κ2) is 9.46. The van der Waals surface area contributed by atoms with Gasteiger partial charge in [0.25, 0.3) is 0 Å².